The van der Waals surface area contributed by atoms with Gasteiger partial charge in [0.1, 0.15) is 5.75 Å². The van der Waals surface area contributed by atoms with Crippen molar-refractivity contribution in [2.45, 2.75) is 39.0 Å². The maximum Gasteiger partial charge on any atom is 0.401 e. The van der Waals surface area contributed by atoms with Crippen LogP contribution in [0.3, 0.4) is 0 Å². The molecule has 2 rings (SSSR count). The van der Waals surface area contributed by atoms with Gasteiger partial charge >= 0.3 is 6.18 Å². The monoisotopic (exact) mass is 386 g/mol. The second-order valence-electron chi connectivity index (χ2n) is 7.22. The summed E-state index contributed by atoms with van der Waals surface area (Å²) < 4.78 is 43.4. The van der Waals surface area contributed by atoms with Crippen LogP contribution in [0.4, 0.5) is 13.2 Å². The lowest BCUT2D eigenvalue weighted by Gasteiger charge is -2.20. The van der Waals surface area contributed by atoms with Crippen molar-refractivity contribution in [1.29, 1.82) is 0 Å². The van der Waals surface area contributed by atoms with Gasteiger partial charge in [-0.1, -0.05) is 32.0 Å². The lowest BCUT2D eigenvalue weighted by Crippen LogP contribution is -2.44. The van der Waals surface area contributed by atoms with Crippen LogP contribution in [-0.2, 0) is 6.54 Å². The SMILES string of the molecule is CN=C(NCc1ccccc1OCC(C)C)NC1CCN(CC(F)(F)F)C1. The van der Waals surface area contributed by atoms with E-state index in [9.17, 15) is 13.2 Å². The molecular weight excluding hydrogens is 357 g/mol. The van der Waals surface area contributed by atoms with E-state index < -0.39 is 12.7 Å². The van der Waals surface area contributed by atoms with Crippen LogP contribution < -0.4 is 15.4 Å². The second-order valence-corrected chi connectivity index (χ2v) is 7.22. The van der Waals surface area contributed by atoms with E-state index in [4.69, 9.17) is 4.74 Å². The summed E-state index contributed by atoms with van der Waals surface area (Å²) >= 11 is 0. The van der Waals surface area contributed by atoms with Crippen molar-refractivity contribution in [3.63, 3.8) is 0 Å². The molecule has 1 aromatic carbocycles. The minimum Gasteiger partial charge on any atom is -0.493 e. The van der Waals surface area contributed by atoms with E-state index in [1.54, 1.807) is 7.05 Å². The molecule has 0 aromatic heterocycles. The molecule has 0 radical (unpaired) electrons. The zero-order chi connectivity index (χ0) is 19.9. The van der Waals surface area contributed by atoms with Crippen molar-refractivity contribution in [3.05, 3.63) is 29.8 Å². The zero-order valence-corrected chi connectivity index (χ0v) is 16.1. The van der Waals surface area contributed by atoms with Crippen LogP contribution in [0.25, 0.3) is 0 Å². The number of hydrogen-bond acceptors (Lipinski definition) is 3. The van der Waals surface area contributed by atoms with Gasteiger partial charge in [-0.25, -0.2) is 0 Å². The molecule has 5 nitrogen and oxygen atoms in total. The van der Waals surface area contributed by atoms with Crippen LogP contribution in [0.5, 0.6) is 5.75 Å². The van der Waals surface area contributed by atoms with Crippen LogP contribution in [0, 0.1) is 5.92 Å². The lowest BCUT2D eigenvalue weighted by molar-refractivity contribution is -0.143. The summed E-state index contributed by atoms with van der Waals surface area (Å²) in [5, 5.41) is 6.43. The Morgan fingerprint density at radius 1 is 1.33 bits per heavy atom. The van der Waals surface area contributed by atoms with Gasteiger partial charge in [0.05, 0.1) is 13.2 Å². The summed E-state index contributed by atoms with van der Waals surface area (Å²) in [5.41, 5.74) is 1.01. The molecule has 2 N–H and O–H groups in total. The molecule has 1 aliphatic rings. The fourth-order valence-corrected chi connectivity index (χ4v) is 2.96. The minimum absolute atomic E-state index is 0.0500. The molecule has 1 heterocycles. The van der Waals surface area contributed by atoms with E-state index >= 15 is 0 Å². The Hall–Kier alpha value is -1.96. The van der Waals surface area contributed by atoms with Gasteiger partial charge in [0, 0.05) is 38.3 Å². The van der Waals surface area contributed by atoms with Gasteiger partial charge in [-0.2, -0.15) is 13.2 Å². The summed E-state index contributed by atoms with van der Waals surface area (Å²) in [4.78, 5) is 5.60. The molecule has 0 aliphatic carbocycles. The Morgan fingerprint density at radius 2 is 2.07 bits per heavy atom. The van der Waals surface area contributed by atoms with Gasteiger partial charge in [-0.15, -0.1) is 0 Å². The highest BCUT2D eigenvalue weighted by molar-refractivity contribution is 5.80. The molecule has 0 amide bonds. The Labute approximate surface area is 159 Å². The van der Waals surface area contributed by atoms with Gasteiger partial charge in [0.2, 0.25) is 0 Å². The maximum atomic E-state index is 12.5. The smallest absolute Gasteiger partial charge is 0.401 e. The third-order valence-electron chi connectivity index (χ3n) is 4.23. The highest BCUT2D eigenvalue weighted by Gasteiger charge is 2.34. The standard InChI is InChI=1S/C19H29F3N4O/c1-14(2)12-27-17-7-5-4-6-15(17)10-24-18(23-3)25-16-8-9-26(11-16)13-19(20,21)22/h4-7,14,16H,8-13H2,1-3H3,(H2,23,24,25). The van der Waals surface area contributed by atoms with E-state index in [1.165, 1.54) is 4.90 Å². The number of rotatable bonds is 7. The molecule has 0 bridgehead atoms. The van der Waals surface area contributed by atoms with Gasteiger partial charge < -0.3 is 15.4 Å². The van der Waals surface area contributed by atoms with Crippen molar-refractivity contribution >= 4 is 5.96 Å². The van der Waals surface area contributed by atoms with E-state index in [-0.39, 0.29) is 6.04 Å². The van der Waals surface area contributed by atoms with Crippen LogP contribution in [0.2, 0.25) is 0 Å². The topological polar surface area (TPSA) is 48.9 Å². The number of ether oxygens (including phenoxy) is 1. The van der Waals surface area contributed by atoms with Crippen molar-refractivity contribution in [3.8, 4) is 5.75 Å². The van der Waals surface area contributed by atoms with E-state index in [0.29, 0.717) is 44.5 Å². The number of nitrogens with zero attached hydrogens (tertiary/aromatic N) is 2. The Balaban J connectivity index is 1.85. The van der Waals surface area contributed by atoms with Crippen LogP contribution in [-0.4, -0.2) is 56.4 Å². The summed E-state index contributed by atoms with van der Waals surface area (Å²) in [7, 11) is 1.65. The molecule has 27 heavy (non-hydrogen) atoms. The number of nitrogens with one attached hydrogen (secondary N) is 2. The summed E-state index contributed by atoms with van der Waals surface area (Å²) in [5.74, 6) is 1.83. The van der Waals surface area contributed by atoms with Crippen molar-refractivity contribution in [1.82, 2.24) is 15.5 Å². The van der Waals surface area contributed by atoms with E-state index in [1.807, 2.05) is 24.3 Å². The fraction of sp³-hybridized carbons (Fsp3) is 0.632. The van der Waals surface area contributed by atoms with Crippen molar-refractivity contribution < 1.29 is 17.9 Å². The third kappa shape index (κ3) is 7.66. The Kier molecular flexibility index (Phi) is 7.77. The van der Waals surface area contributed by atoms with E-state index in [0.717, 1.165) is 11.3 Å². The molecule has 0 spiro atoms. The quantitative estimate of drug-likeness (QED) is 0.559. The summed E-state index contributed by atoms with van der Waals surface area (Å²) in [6.45, 7) is 5.27. The maximum absolute atomic E-state index is 12.5. The number of likely N-dealkylation sites (tertiary alicyclic amines) is 1. The molecule has 1 unspecified atom stereocenters. The number of aliphatic imine (C=N–C) groups is 1. The van der Waals surface area contributed by atoms with Crippen molar-refractivity contribution in [2.24, 2.45) is 10.9 Å². The number of halogens is 3. The number of benzene rings is 1. The Bertz CT molecular complexity index is 619. The van der Waals surface area contributed by atoms with Crippen molar-refractivity contribution in [2.75, 3.05) is 33.3 Å². The van der Waals surface area contributed by atoms with Crippen LogP contribution in [0.15, 0.2) is 29.3 Å². The predicted molar refractivity (Wildman–Crippen MR) is 101 cm³/mol. The first kappa shape index (κ1) is 21.3. The first-order valence-corrected chi connectivity index (χ1v) is 9.24. The first-order valence-electron chi connectivity index (χ1n) is 9.24. The third-order valence-corrected chi connectivity index (χ3v) is 4.23. The molecule has 0 saturated carbocycles. The first-order chi connectivity index (χ1) is 12.8. The molecular formula is C19H29F3N4O. The molecule has 1 atom stereocenters. The molecule has 1 aromatic rings. The normalized spacial score (nSPS) is 18.8. The molecule has 152 valence electrons. The van der Waals surface area contributed by atoms with E-state index in [2.05, 4.69) is 29.5 Å². The van der Waals surface area contributed by atoms with Gasteiger partial charge in [0.25, 0.3) is 0 Å². The largest absolute Gasteiger partial charge is 0.493 e. The number of guanidine groups is 1. The lowest BCUT2D eigenvalue weighted by atomic mass is 10.2. The predicted octanol–water partition coefficient (Wildman–Crippen LogP) is 3.02. The molecule has 8 heteroatoms. The number of alkyl halides is 3. The highest BCUT2D eigenvalue weighted by Crippen LogP contribution is 2.20. The van der Waals surface area contributed by atoms with Crippen LogP contribution >= 0.6 is 0 Å². The van der Waals surface area contributed by atoms with Gasteiger partial charge in [-0.3, -0.25) is 9.89 Å². The summed E-state index contributed by atoms with van der Waals surface area (Å²) in [6, 6.07) is 7.74. The zero-order valence-electron chi connectivity index (χ0n) is 16.1. The Morgan fingerprint density at radius 3 is 2.74 bits per heavy atom. The number of para-hydroxylation sites is 1. The molecule has 1 saturated heterocycles. The molecule has 1 aliphatic heterocycles. The highest BCUT2D eigenvalue weighted by atomic mass is 19.4. The summed E-state index contributed by atoms with van der Waals surface area (Å²) in [6.07, 6.45) is -3.50. The van der Waals surface area contributed by atoms with Gasteiger partial charge in [-0.05, 0) is 18.4 Å². The average Bonchev–Trinajstić information content (AvgIpc) is 3.02. The minimum atomic E-state index is -4.16. The fourth-order valence-electron chi connectivity index (χ4n) is 2.96. The van der Waals surface area contributed by atoms with Gasteiger partial charge in [0.15, 0.2) is 5.96 Å². The second kappa shape index (κ2) is 9.82. The molecule has 1 fully saturated rings. The van der Waals surface area contributed by atoms with Crippen LogP contribution in [0.1, 0.15) is 25.8 Å². The average molecular weight is 386 g/mol. The number of hydrogen-bond donors (Lipinski definition) is 2.